The Morgan fingerprint density at radius 3 is 0.424 bits per heavy atom. The van der Waals surface area contributed by atoms with E-state index < -0.39 is 164 Å². The molecule has 0 spiro atoms. The summed E-state index contributed by atoms with van der Waals surface area (Å²) in [7, 11) is -68.5. The molecule has 12 fully saturated rings. The molecule has 732 valence electrons. The molecule has 5 aromatic rings. The highest BCUT2D eigenvalue weighted by Crippen LogP contribution is 2.61. The van der Waals surface area contributed by atoms with Gasteiger partial charge in [0, 0.05) is 143 Å². The van der Waals surface area contributed by atoms with Crippen LogP contribution in [0.5, 0.6) is 0 Å². The molecule has 0 aliphatic carbocycles. The Bertz CT molecular complexity index is 4490. The van der Waals surface area contributed by atoms with Crippen molar-refractivity contribution < 1.29 is 118 Å². The Morgan fingerprint density at radius 2 is 0.303 bits per heavy atom. The van der Waals surface area contributed by atoms with Crippen LogP contribution in [0.3, 0.4) is 0 Å². The van der Waals surface area contributed by atoms with Crippen LogP contribution in [0, 0.1) is 82.9 Å². The maximum atomic E-state index is 15.9. The van der Waals surface area contributed by atoms with Crippen LogP contribution in [0.2, 0.25) is 96.7 Å². The summed E-state index contributed by atoms with van der Waals surface area (Å²) in [5.74, 6) is -2.36. The predicted molar refractivity (Wildman–Crippen MR) is 530 cm³/mol. The van der Waals surface area contributed by atoms with Gasteiger partial charge in [-0.2, -0.15) is 0 Å². The van der Waals surface area contributed by atoms with Gasteiger partial charge >= 0.3 is 141 Å². The van der Waals surface area contributed by atoms with E-state index in [0.717, 1.165) is 21.5 Å². The Balaban J connectivity index is 0.711. The molecule has 0 aromatic heterocycles. The smallest absolute Gasteiger partial charge is 0.373 e. The average molecular weight is 2110 g/mol. The van der Waals surface area contributed by atoms with Crippen molar-refractivity contribution in [3.63, 3.8) is 0 Å². The monoisotopic (exact) mass is 2100 g/mol. The lowest BCUT2D eigenvalue weighted by Crippen LogP contribution is -2.88. The lowest BCUT2D eigenvalue weighted by atomic mass is 9.82. The zero-order valence-electron chi connectivity index (χ0n) is 83.2. The zero-order chi connectivity index (χ0) is 95.2. The summed E-state index contributed by atoms with van der Waals surface area (Å²) in [6.45, 7) is 59.4. The van der Waals surface area contributed by atoms with Crippen molar-refractivity contribution in [1.29, 1.82) is 0 Å². The van der Waals surface area contributed by atoms with Crippen LogP contribution in [0.4, 0.5) is 0 Å². The fourth-order valence-electron chi connectivity index (χ4n) is 22.4. The molecule has 30 nitrogen and oxygen atoms in total. The maximum absolute atomic E-state index is 15.9. The van der Waals surface area contributed by atoms with E-state index in [-0.39, 0.29) is 121 Å². The van der Waals surface area contributed by atoms with Crippen molar-refractivity contribution in [1.82, 2.24) is 9.80 Å². The molecule has 14 heterocycles. The first-order valence-electron chi connectivity index (χ1n) is 49.3. The van der Waals surface area contributed by atoms with Gasteiger partial charge in [0.25, 0.3) is 23.6 Å². The van der Waals surface area contributed by atoms with Gasteiger partial charge in [0.2, 0.25) is 0 Å². The Kier molecular flexibility index (Phi) is 27.9. The van der Waals surface area contributed by atoms with Gasteiger partial charge in [0.15, 0.2) is 0 Å². The molecule has 0 radical (unpaired) electrons. The van der Waals surface area contributed by atoms with Crippen molar-refractivity contribution in [2.75, 3.05) is 13.1 Å². The summed E-state index contributed by atoms with van der Waals surface area (Å²) in [5.41, 5.74) is 1.40. The molecule has 0 unspecified atom stereocenters. The van der Waals surface area contributed by atoms with Crippen molar-refractivity contribution in [3.05, 3.63) is 70.8 Å². The molecule has 19 rings (SSSR count). The lowest BCUT2D eigenvalue weighted by molar-refractivity contribution is -0.0397. The molecule has 5 aromatic carbocycles. The van der Waals surface area contributed by atoms with Gasteiger partial charge in [-0.05, 0) is 152 Å². The molecule has 132 heavy (non-hydrogen) atoms. The second-order valence-electron chi connectivity index (χ2n) is 45.6. The van der Waals surface area contributed by atoms with Crippen LogP contribution < -0.4 is 0 Å². The van der Waals surface area contributed by atoms with Gasteiger partial charge in [-0.25, -0.2) is 0 Å². The van der Waals surface area contributed by atoms with Gasteiger partial charge in [-0.3, -0.25) is 29.0 Å². The number of amides is 4. The second kappa shape index (κ2) is 36.2. The van der Waals surface area contributed by atoms with E-state index in [0.29, 0.717) is 128 Å². The van der Waals surface area contributed by atoms with E-state index in [1.54, 1.807) is 24.3 Å². The first kappa shape index (κ1) is 102. The fourth-order valence-corrected chi connectivity index (χ4v) is 126. The highest BCUT2D eigenvalue weighted by molar-refractivity contribution is 7.05. The minimum Gasteiger partial charge on any atom is -0.373 e. The first-order chi connectivity index (χ1) is 61.6. The molecule has 0 N–H and O–H groups in total. The fraction of sp³-hybridized carbons (Fsp3) is 0.721. The zero-order valence-corrected chi connectivity index (χ0v) is 99.2. The van der Waals surface area contributed by atoms with Crippen molar-refractivity contribution in [2.45, 2.75) is 303 Å². The van der Waals surface area contributed by atoms with E-state index in [1.807, 2.05) is 24.3 Å². The summed E-state index contributed by atoms with van der Waals surface area (Å²) in [6, 6.07) is 19.8. The largest absolute Gasteiger partial charge is 0.479 e. The third-order valence-corrected chi connectivity index (χ3v) is 105. The van der Waals surface area contributed by atoms with E-state index in [2.05, 4.69) is 194 Å². The van der Waals surface area contributed by atoms with Crippen LogP contribution in [-0.4, -0.2) is 187 Å². The van der Waals surface area contributed by atoms with E-state index in [4.69, 9.17) is 98.8 Å². The SMILES string of the molecule is CC(C)C[Si]12O[Si]3(CCCN4C(=O)c5ccc6c7ccc8c9c(ccc(c%10ccc(c5c6%10)C4=O)c97)C(=O)N(CCC[Si]45O[Si]6(CC(C)C)O[Si]7(CC(C)C)O[Si](CC(C)C)(O4)O[Si]4(CC(C)C)O[Si](CC(C)C)(O5)O[Si](CC(C)C)(O6)O[Si](CC(C)C)(O7)O4)C8=O)O[Si]4(CC(C)C)O[Si](CC(C)C)(O1)O[Si]1(CC(C)C)O[Si](CC(C)C)(O2)O[Si](CC(C)C)(O3)O[Si](CC(C)C)(O4)O1. The summed E-state index contributed by atoms with van der Waals surface area (Å²) in [6.07, 6.45) is 0.296. The lowest BCUT2D eigenvalue weighted by Gasteiger charge is -2.64. The third-order valence-electron chi connectivity index (χ3n) is 25.2. The summed E-state index contributed by atoms with van der Waals surface area (Å²) in [4.78, 5) is 66.1. The molecule has 14 aliphatic heterocycles. The van der Waals surface area contributed by atoms with Gasteiger partial charge in [0.05, 0.1) is 0 Å². The van der Waals surface area contributed by atoms with Crippen LogP contribution >= 0.6 is 0 Å². The number of benzene rings is 5. The number of nitrogens with zero attached hydrogens (tertiary/aromatic N) is 2. The highest BCUT2D eigenvalue weighted by atomic mass is 28.6. The molecule has 46 heteroatoms. The summed E-state index contributed by atoms with van der Waals surface area (Å²) in [5, 5.41) is 5.48. The number of rotatable bonds is 36. The normalized spacial score (nSPS) is 36.8. The van der Waals surface area contributed by atoms with Crippen molar-refractivity contribution in [3.8, 4) is 0 Å². The van der Waals surface area contributed by atoms with Crippen molar-refractivity contribution >= 4 is 208 Å². The Labute approximate surface area is 799 Å². The second-order valence-corrected chi connectivity index (χ2v) is 93.8. The van der Waals surface area contributed by atoms with E-state index >= 15 is 19.2 Å². The van der Waals surface area contributed by atoms with Crippen LogP contribution in [0.25, 0.3) is 43.1 Å². The van der Waals surface area contributed by atoms with Crippen LogP contribution in [-0.2, 0) is 98.8 Å². The molecule has 14 aliphatic rings. The molecule has 0 atom stereocenters. The molecular formula is C86H146N2O28Si16. The van der Waals surface area contributed by atoms with Gasteiger partial charge < -0.3 is 98.8 Å². The van der Waals surface area contributed by atoms with E-state index in [9.17, 15) is 0 Å². The average Bonchev–Trinajstić information content (AvgIpc) is 1.13. The molecular weight excluding hydrogens is 1960 g/mol. The van der Waals surface area contributed by atoms with E-state index in [1.165, 1.54) is 9.80 Å². The molecule has 4 amide bonds. The highest BCUT2D eigenvalue weighted by Gasteiger charge is 2.87. The minimum absolute atomic E-state index is 0.0158. The predicted octanol–water partition coefficient (Wildman–Crippen LogP) is 20.5. The minimum atomic E-state index is -4.53. The summed E-state index contributed by atoms with van der Waals surface area (Å²) >= 11 is 0. The number of carbonyl (C=O) groups is 4. The first-order valence-corrected chi connectivity index (χ1v) is 80.2. The van der Waals surface area contributed by atoms with Crippen molar-refractivity contribution in [2.24, 2.45) is 82.9 Å². The number of carbonyl (C=O) groups excluding carboxylic acids is 4. The Hall–Kier alpha value is -1.81. The standard InChI is InChI=1S/C86H146N2O28Si16/c1-57(2)43-119-93-117(94-120(44-58(3)4)101-125(99-119,49-63(13)14)111-131(55-69(25)26)112-126(100-119,50-64(15)16)102-121(95-117,45-59(5)6)104-127(103-120,113-131)51-65(17)18)41-29-39-87-83(89)75-35-31-71-73-33-37-77-82-78(38-34-74(80(73)82)72-32-36-76(84(87)90)81(75)79(71)72)86(92)88(85(77)91)40-30-42-118-96-122(46-60(7)8)105-128(52-66(19)20)107-123(97-118,47-61(9)10)109-130(54-68(23)24)110-124(98-118,48-62(11)12)108-129(106-122,53-67(21)22)115-132(114-128,116-130)56-70(27)28/h31-38,57-70H,29-30,39-56H2,1-28H3. The summed E-state index contributed by atoms with van der Waals surface area (Å²) < 4.78 is 193. The molecule has 12 saturated heterocycles. The number of hydrogen-bond acceptors (Lipinski definition) is 28. The number of hydrogen-bond donors (Lipinski definition) is 0. The topological polar surface area (TPSA) is 296 Å². The number of fused-ring (bicyclic) bond motifs is 2. The molecule has 16 bridgehead atoms. The quantitative estimate of drug-likeness (QED) is 0.0156. The molecule has 0 saturated carbocycles. The van der Waals surface area contributed by atoms with Crippen LogP contribution in [0.15, 0.2) is 48.5 Å². The van der Waals surface area contributed by atoms with Gasteiger partial charge in [-0.1, -0.05) is 218 Å². The number of imide groups is 2. The van der Waals surface area contributed by atoms with Gasteiger partial charge in [0.1, 0.15) is 0 Å². The Morgan fingerprint density at radius 1 is 0.182 bits per heavy atom. The third kappa shape index (κ3) is 19.5. The van der Waals surface area contributed by atoms with Gasteiger partial charge in [-0.15, -0.1) is 0 Å². The maximum Gasteiger partial charge on any atom is 0.479 e. The van der Waals surface area contributed by atoms with Crippen LogP contribution in [0.1, 0.15) is 248 Å².